The lowest BCUT2D eigenvalue weighted by molar-refractivity contribution is 0.355. The van der Waals surface area contributed by atoms with Gasteiger partial charge >= 0.3 is 0 Å². The number of ether oxygens (including phenoxy) is 2. The van der Waals surface area contributed by atoms with Gasteiger partial charge in [0.15, 0.2) is 17.3 Å². The van der Waals surface area contributed by atoms with E-state index in [-0.39, 0.29) is 0 Å². The van der Waals surface area contributed by atoms with Crippen molar-refractivity contribution in [2.45, 2.75) is 6.92 Å². The van der Waals surface area contributed by atoms with Gasteiger partial charge in [-0.3, -0.25) is 0 Å². The molecule has 0 saturated carbocycles. The second-order valence-electron chi connectivity index (χ2n) is 3.40. The van der Waals surface area contributed by atoms with E-state index < -0.39 is 0 Å². The van der Waals surface area contributed by atoms with Crippen molar-refractivity contribution in [1.29, 1.82) is 0 Å². The molecular weight excluding hydrogens is 206 g/mol. The van der Waals surface area contributed by atoms with Gasteiger partial charge in [0.25, 0.3) is 0 Å². The van der Waals surface area contributed by atoms with Crippen LogP contribution in [0, 0.1) is 6.92 Å². The molecule has 0 spiro atoms. The topological polar surface area (TPSA) is 44.5 Å². The SMILES string of the molecule is COc1ccc(-c2cc(C)no2)cc1OC. The number of aromatic nitrogens is 1. The molecule has 0 bridgehead atoms. The first kappa shape index (κ1) is 10.5. The maximum atomic E-state index is 5.22. The number of aryl methyl sites for hydroxylation is 1. The molecule has 0 N–H and O–H groups in total. The standard InChI is InChI=1S/C12H13NO3/c1-8-6-11(16-13-8)9-4-5-10(14-2)12(7-9)15-3/h4-7H,1-3H3. The Balaban J connectivity index is 2.43. The van der Waals surface area contributed by atoms with Crippen LogP contribution in [0.4, 0.5) is 0 Å². The second kappa shape index (κ2) is 4.26. The van der Waals surface area contributed by atoms with E-state index in [9.17, 15) is 0 Å². The molecule has 0 aliphatic carbocycles. The molecule has 0 radical (unpaired) electrons. The molecule has 0 amide bonds. The summed E-state index contributed by atoms with van der Waals surface area (Å²) in [5, 5.41) is 3.84. The predicted octanol–water partition coefficient (Wildman–Crippen LogP) is 2.67. The van der Waals surface area contributed by atoms with Crippen LogP contribution in [0.1, 0.15) is 5.69 Å². The van der Waals surface area contributed by atoms with E-state index in [1.807, 2.05) is 31.2 Å². The van der Waals surface area contributed by atoms with Gasteiger partial charge in [0, 0.05) is 11.6 Å². The molecule has 1 heterocycles. The van der Waals surface area contributed by atoms with Crippen molar-refractivity contribution in [1.82, 2.24) is 5.16 Å². The molecule has 84 valence electrons. The third-order valence-electron chi connectivity index (χ3n) is 2.30. The molecule has 0 saturated heterocycles. The van der Waals surface area contributed by atoms with Crippen molar-refractivity contribution in [3.8, 4) is 22.8 Å². The Morgan fingerprint density at radius 2 is 1.81 bits per heavy atom. The van der Waals surface area contributed by atoms with Gasteiger partial charge in [0.05, 0.1) is 19.9 Å². The van der Waals surface area contributed by atoms with E-state index in [1.54, 1.807) is 14.2 Å². The first-order valence-electron chi connectivity index (χ1n) is 4.90. The zero-order valence-corrected chi connectivity index (χ0v) is 9.48. The molecule has 0 aliphatic heterocycles. The molecule has 4 nitrogen and oxygen atoms in total. The number of benzene rings is 1. The van der Waals surface area contributed by atoms with Crippen molar-refractivity contribution in [2.24, 2.45) is 0 Å². The summed E-state index contributed by atoms with van der Waals surface area (Å²) >= 11 is 0. The Kier molecular flexibility index (Phi) is 2.81. The van der Waals surface area contributed by atoms with Crippen molar-refractivity contribution >= 4 is 0 Å². The van der Waals surface area contributed by atoms with Gasteiger partial charge in [-0.25, -0.2) is 0 Å². The molecule has 0 unspecified atom stereocenters. The summed E-state index contributed by atoms with van der Waals surface area (Å²) in [7, 11) is 3.21. The van der Waals surface area contributed by atoms with E-state index >= 15 is 0 Å². The van der Waals surface area contributed by atoms with Crippen molar-refractivity contribution in [2.75, 3.05) is 14.2 Å². The van der Waals surface area contributed by atoms with Gasteiger partial charge in [0.1, 0.15) is 0 Å². The largest absolute Gasteiger partial charge is 0.493 e. The lowest BCUT2D eigenvalue weighted by Crippen LogP contribution is -1.90. The van der Waals surface area contributed by atoms with Crippen LogP contribution in [-0.2, 0) is 0 Å². The Morgan fingerprint density at radius 1 is 1.06 bits per heavy atom. The third kappa shape index (κ3) is 1.86. The normalized spacial score (nSPS) is 10.2. The number of rotatable bonds is 3. The fourth-order valence-electron chi connectivity index (χ4n) is 1.49. The number of methoxy groups -OCH3 is 2. The van der Waals surface area contributed by atoms with Gasteiger partial charge < -0.3 is 14.0 Å². The summed E-state index contributed by atoms with van der Waals surface area (Å²) in [5.74, 6) is 2.09. The minimum absolute atomic E-state index is 0.675. The van der Waals surface area contributed by atoms with Gasteiger partial charge in [-0.2, -0.15) is 0 Å². The van der Waals surface area contributed by atoms with Crippen LogP contribution in [0.5, 0.6) is 11.5 Å². The molecular formula is C12H13NO3. The van der Waals surface area contributed by atoms with Gasteiger partial charge in [0.2, 0.25) is 0 Å². The molecule has 1 aromatic carbocycles. The average molecular weight is 219 g/mol. The minimum atomic E-state index is 0.675. The molecule has 16 heavy (non-hydrogen) atoms. The first-order chi connectivity index (χ1) is 7.74. The molecule has 0 aliphatic rings. The highest BCUT2D eigenvalue weighted by atomic mass is 16.5. The van der Waals surface area contributed by atoms with E-state index in [0.717, 1.165) is 17.0 Å². The zero-order chi connectivity index (χ0) is 11.5. The fourth-order valence-corrected chi connectivity index (χ4v) is 1.49. The van der Waals surface area contributed by atoms with Gasteiger partial charge in [-0.1, -0.05) is 5.16 Å². The average Bonchev–Trinajstić information content (AvgIpc) is 2.75. The Hall–Kier alpha value is -1.97. The van der Waals surface area contributed by atoms with E-state index in [1.165, 1.54) is 0 Å². The summed E-state index contributed by atoms with van der Waals surface area (Å²) in [6.07, 6.45) is 0. The highest BCUT2D eigenvalue weighted by molar-refractivity contribution is 5.62. The summed E-state index contributed by atoms with van der Waals surface area (Å²) in [6, 6.07) is 7.48. The smallest absolute Gasteiger partial charge is 0.167 e. The lowest BCUT2D eigenvalue weighted by atomic mass is 10.1. The third-order valence-corrected chi connectivity index (χ3v) is 2.30. The molecule has 2 rings (SSSR count). The van der Waals surface area contributed by atoms with Crippen LogP contribution < -0.4 is 9.47 Å². The fraction of sp³-hybridized carbons (Fsp3) is 0.250. The molecule has 0 atom stereocenters. The first-order valence-corrected chi connectivity index (χ1v) is 4.90. The zero-order valence-electron chi connectivity index (χ0n) is 9.48. The van der Waals surface area contributed by atoms with Crippen molar-refractivity contribution in [3.63, 3.8) is 0 Å². The predicted molar refractivity (Wildman–Crippen MR) is 59.8 cm³/mol. The Morgan fingerprint density at radius 3 is 2.38 bits per heavy atom. The number of nitrogens with zero attached hydrogens (tertiary/aromatic N) is 1. The molecule has 0 fully saturated rings. The Labute approximate surface area is 93.8 Å². The lowest BCUT2D eigenvalue weighted by Gasteiger charge is -2.07. The maximum Gasteiger partial charge on any atom is 0.167 e. The van der Waals surface area contributed by atoms with Crippen molar-refractivity contribution in [3.05, 3.63) is 30.0 Å². The highest BCUT2D eigenvalue weighted by Gasteiger charge is 2.09. The summed E-state index contributed by atoms with van der Waals surface area (Å²) in [5.41, 5.74) is 1.77. The summed E-state index contributed by atoms with van der Waals surface area (Å²) in [4.78, 5) is 0. The number of hydrogen-bond acceptors (Lipinski definition) is 4. The minimum Gasteiger partial charge on any atom is -0.493 e. The molecule has 2 aromatic rings. The summed E-state index contributed by atoms with van der Waals surface area (Å²) in [6.45, 7) is 1.88. The number of hydrogen-bond donors (Lipinski definition) is 0. The monoisotopic (exact) mass is 219 g/mol. The van der Waals surface area contributed by atoms with Gasteiger partial charge in [-0.05, 0) is 25.1 Å². The van der Waals surface area contributed by atoms with Crippen LogP contribution in [0.15, 0.2) is 28.8 Å². The van der Waals surface area contributed by atoms with Crippen molar-refractivity contribution < 1.29 is 14.0 Å². The Bertz CT molecular complexity index is 491. The van der Waals surface area contributed by atoms with Crippen LogP contribution >= 0.6 is 0 Å². The van der Waals surface area contributed by atoms with Crippen LogP contribution in [0.25, 0.3) is 11.3 Å². The van der Waals surface area contributed by atoms with E-state index in [2.05, 4.69) is 5.16 Å². The van der Waals surface area contributed by atoms with Gasteiger partial charge in [-0.15, -0.1) is 0 Å². The van der Waals surface area contributed by atoms with Crippen LogP contribution in [0.2, 0.25) is 0 Å². The highest BCUT2D eigenvalue weighted by Crippen LogP contribution is 2.32. The maximum absolute atomic E-state index is 5.22. The van der Waals surface area contributed by atoms with Crippen LogP contribution in [-0.4, -0.2) is 19.4 Å². The second-order valence-corrected chi connectivity index (χ2v) is 3.40. The summed E-state index contributed by atoms with van der Waals surface area (Å²) < 4.78 is 15.6. The van der Waals surface area contributed by atoms with E-state index in [4.69, 9.17) is 14.0 Å². The van der Waals surface area contributed by atoms with Crippen LogP contribution in [0.3, 0.4) is 0 Å². The quantitative estimate of drug-likeness (QED) is 0.796. The molecule has 4 heteroatoms. The van der Waals surface area contributed by atoms with E-state index in [0.29, 0.717) is 11.5 Å². The molecule has 1 aromatic heterocycles.